The van der Waals surface area contributed by atoms with Gasteiger partial charge in [0.05, 0.1) is 17.0 Å². The number of nitriles is 1. The molecule has 2 unspecified atom stereocenters. The Kier molecular flexibility index (Phi) is 2.74. The minimum atomic E-state index is 0.175. The van der Waals surface area contributed by atoms with Gasteiger partial charge in [0.2, 0.25) is 0 Å². The van der Waals surface area contributed by atoms with E-state index < -0.39 is 0 Å². The van der Waals surface area contributed by atoms with Crippen LogP contribution in [0.15, 0.2) is 4.47 Å². The molecule has 1 aromatic rings. The second kappa shape index (κ2) is 4.17. The van der Waals surface area contributed by atoms with E-state index in [1.165, 1.54) is 0 Å². The molecule has 1 aromatic carbocycles. The molecule has 2 heterocycles. The van der Waals surface area contributed by atoms with Crippen LogP contribution in [0.25, 0.3) is 0 Å². The predicted molar refractivity (Wildman–Crippen MR) is 71.0 cm³/mol. The Balaban J connectivity index is 2.23. The summed E-state index contributed by atoms with van der Waals surface area (Å²) in [4.78, 5) is 0. The summed E-state index contributed by atoms with van der Waals surface area (Å²) < 4.78 is 12.8. The molecular weight excluding hydrogens is 294 g/mol. The van der Waals surface area contributed by atoms with Crippen molar-refractivity contribution in [3.8, 4) is 17.6 Å². The number of rotatable bonds is 1. The van der Waals surface area contributed by atoms with Crippen molar-refractivity contribution in [2.45, 2.75) is 45.3 Å². The Morgan fingerprint density at radius 3 is 2.44 bits per heavy atom. The van der Waals surface area contributed by atoms with Crippen molar-refractivity contribution < 1.29 is 9.47 Å². The van der Waals surface area contributed by atoms with E-state index in [0.29, 0.717) is 6.42 Å². The first-order chi connectivity index (χ1) is 8.61. The number of nitrogens with zero attached hydrogens (tertiary/aromatic N) is 1. The molecule has 3 nitrogen and oxygen atoms in total. The van der Waals surface area contributed by atoms with E-state index in [2.05, 4.69) is 35.8 Å². The molecule has 0 saturated carbocycles. The molecule has 0 aromatic heterocycles. The van der Waals surface area contributed by atoms with Gasteiger partial charge in [-0.3, -0.25) is 0 Å². The van der Waals surface area contributed by atoms with Crippen molar-refractivity contribution in [1.82, 2.24) is 0 Å². The van der Waals surface area contributed by atoms with Crippen molar-refractivity contribution in [1.29, 1.82) is 5.26 Å². The molecular formula is C14H14BrNO2. The van der Waals surface area contributed by atoms with Gasteiger partial charge in [-0.2, -0.15) is 5.26 Å². The van der Waals surface area contributed by atoms with Crippen LogP contribution in [0.3, 0.4) is 0 Å². The maximum Gasteiger partial charge on any atom is 0.138 e. The van der Waals surface area contributed by atoms with Crippen molar-refractivity contribution >= 4 is 15.9 Å². The van der Waals surface area contributed by atoms with Crippen LogP contribution < -0.4 is 9.47 Å². The van der Waals surface area contributed by atoms with Gasteiger partial charge >= 0.3 is 0 Å². The summed E-state index contributed by atoms with van der Waals surface area (Å²) >= 11 is 3.64. The number of halogens is 1. The predicted octanol–water partition coefficient (Wildman–Crippen LogP) is 3.16. The number of benzene rings is 1. The largest absolute Gasteiger partial charge is 0.490 e. The van der Waals surface area contributed by atoms with E-state index >= 15 is 0 Å². The third-order valence-corrected chi connectivity index (χ3v) is 4.37. The quantitative estimate of drug-likeness (QED) is 0.800. The highest BCUT2D eigenvalue weighted by atomic mass is 79.9. The molecule has 2 atom stereocenters. The third-order valence-electron chi connectivity index (χ3n) is 3.53. The van der Waals surface area contributed by atoms with Crippen molar-refractivity contribution in [2.75, 3.05) is 0 Å². The second-order valence-corrected chi connectivity index (χ2v) is 5.80. The lowest BCUT2D eigenvalue weighted by atomic mass is 9.96. The van der Waals surface area contributed by atoms with E-state index in [1.54, 1.807) is 0 Å². The van der Waals surface area contributed by atoms with Crippen molar-refractivity contribution in [3.63, 3.8) is 0 Å². The minimum absolute atomic E-state index is 0.175. The summed E-state index contributed by atoms with van der Waals surface area (Å²) in [7, 11) is 0. The zero-order valence-electron chi connectivity index (χ0n) is 10.4. The molecule has 94 valence electrons. The molecule has 0 N–H and O–H groups in total. The van der Waals surface area contributed by atoms with Crippen LogP contribution in [0.4, 0.5) is 0 Å². The smallest absolute Gasteiger partial charge is 0.138 e. The highest BCUT2D eigenvalue weighted by Crippen LogP contribution is 2.49. The van der Waals surface area contributed by atoms with Crippen LogP contribution in [-0.2, 0) is 19.3 Å². The molecule has 2 aliphatic rings. The van der Waals surface area contributed by atoms with Crippen LogP contribution in [0.1, 0.15) is 30.5 Å². The van der Waals surface area contributed by atoms with Crippen LogP contribution in [0.2, 0.25) is 0 Å². The van der Waals surface area contributed by atoms with E-state index in [0.717, 1.165) is 45.5 Å². The van der Waals surface area contributed by atoms with Crippen LogP contribution in [0.5, 0.6) is 11.5 Å². The Bertz CT molecular complexity index is 523. The van der Waals surface area contributed by atoms with Crippen molar-refractivity contribution in [2.24, 2.45) is 0 Å². The maximum absolute atomic E-state index is 9.03. The molecule has 0 aliphatic carbocycles. The highest BCUT2D eigenvalue weighted by Gasteiger charge is 2.34. The SMILES string of the molecule is CC1Cc2c(CC#N)c3c(c(Br)c2O1)CC(C)O3. The number of fused-ring (bicyclic) bond motifs is 2. The zero-order chi connectivity index (χ0) is 12.9. The number of hydrogen-bond acceptors (Lipinski definition) is 3. The molecule has 0 fully saturated rings. The van der Waals surface area contributed by atoms with E-state index in [9.17, 15) is 0 Å². The molecule has 3 rings (SSSR count). The monoisotopic (exact) mass is 307 g/mol. The second-order valence-electron chi connectivity index (χ2n) is 5.01. The molecule has 2 aliphatic heterocycles. The van der Waals surface area contributed by atoms with Gasteiger partial charge in [-0.1, -0.05) is 0 Å². The normalized spacial score (nSPS) is 23.9. The first-order valence-corrected chi connectivity index (χ1v) is 6.97. The van der Waals surface area contributed by atoms with Gasteiger partial charge in [0.25, 0.3) is 0 Å². The minimum Gasteiger partial charge on any atom is -0.490 e. The summed E-state index contributed by atoms with van der Waals surface area (Å²) in [5, 5.41) is 9.03. The number of ether oxygens (including phenoxy) is 2. The molecule has 0 amide bonds. The van der Waals surface area contributed by atoms with Gasteiger partial charge in [0.1, 0.15) is 23.7 Å². The summed E-state index contributed by atoms with van der Waals surface area (Å²) in [6, 6.07) is 2.24. The number of hydrogen-bond donors (Lipinski definition) is 0. The fourth-order valence-electron chi connectivity index (χ4n) is 2.82. The van der Waals surface area contributed by atoms with Gasteiger partial charge in [-0.05, 0) is 29.8 Å². The fraction of sp³-hybridized carbons (Fsp3) is 0.500. The van der Waals surface area contributed by atoms with Crippen LogP contribution >= 0.6 is 15.9 Å². The van der Waals surface area contributed by atoms with Crippen molar-refractivity contribution in [3.05, 3.63) is 21.2 Å². The lowest BCUT2D eigenvalue weighted by Crippen LogP contribution is -2.07. The van der Waals surface area contributed by atoms with E-state index in [1.807, 2.05) is 0 Å². The zero-order valence-corrected chi connectivity index (χ0v) is 12.0. The highest BCUT2D eigenvalue weighted by molar-refractivity contribution is 9.10. The summed E-state index contributed by atoms with van der Waals surface area (Å²) in [5.41, 5.74) is 3.32. The fourth-order valence-corrected chi connectivity index (χ4v) is 3.49. The summed E-state index contributed by atoms with van der Waals surface area (Å²) in [6.45, 7) is 4.11. The van der Waals surface area contributed by atoms with Crippen LogP contribution in [0, 0.1) is 11.3 Å². The van der Waals surface area contributed by atoms with Gasteiger partial charge < -0.3 is 9.47 Å². The first-order valence-electron chi connectivity index (χ1n) is 6.18. The van der Waals surface area contributed by atoms with Gasteiger partial charge in [0, 0.05) is 29.5 Å². The molecule has 0 radical (unpaired) electrons. The molecule has 18 heavy (non-hydrogen) atoms. The lowest BCUT2D eigenvalue weighted by Gasteiger charge is -2.13. The third kappa shape index (κ3) is 1.61. The Morgan fingerprint density at radius 2 is 1.78 bits per heavy atom. The Hall–Kier alpha value is -1.21. The van der Waals surface area contributed by atoms with E-state index in [4.69, 9.17) is 14.7 Å². The summed E-state index contributed by atoms with van der Waals surface area (Å²) in [6.07, 6.45) is 2.47. The van der Waals surface area contributed by atoms with Gasteiger partial charge in [-0.25, -0.2) is 0 Å². The van der Waals surface area contributed by atoms with Gasteiger partial charge in [-0.15, -0.1) is 0 Å². The average Bonchev–Trinajstić information content (AvgIpc) is 2.88. The average molecular weight is 308 g/mol. The topological polar surface area (TPSA) is 42.2 Å². The first kappa shape index (κ1) is 11.9. The standard InChI is InChI=1S/C14H14BrNO2/c1-7-5-10-9(3-4-16)13-11(6-8(2)17-13)12(15)14(10)18-7/h7-8H,3,5-6H2,1-2H3. The lowest BCUT2D eigenvalue weighted by molar-refractivity contribution is 0.252. The Labute approximate surface area is 115 Å². The molecule has 0 saturated heterocycles. The maximum atomic E-state index is 9.03. The summed E-state index contributed by atoms with van der Waals surface area (Å²) in [5.74, 6) is 1.83. The molecule has 0 spiro atoms. The Morgan fingerprint density at radius 1 is 1.17 bits per heavy atom. The van der Waals surface area contributed by atoms with Gasteiger partial charge in [0.15, 0.2) is 0 Å². The van der Waals surface area contributed by atoms with E-state index in [-0.39, 0.29) is 12.2 Å². The molecule has 4 heteroatoms. The molecule has 0 bridgehead atoms. The van der Waals surface area contributed by atoms with Crippen LogP contribution in [-0.4, -0.2) is 12.2 Å².